The molecule has 0 amide bonds. The molecule has 0 aromatic heterocycles. The van der Waals surface area contributed by atoms with Gasteiger partial charge in [-0.2, -0.15) is 0 Å². The van der Waals surface area contributed by atoms with Gasteiger partial charge in [-0.1, -0.05) is 15.9 Å². The lowest BCUT2D eigenvalue weighted by atomic mass is 10.5. The van der Waals surface area contributed by atoms with Gasteiger partial charge in [-0.3, -0.25) is 4.79 Å². The van der Waals surface area contributed by atoms with Crippen molar-refractivity contribution in [2.45, 2.75) is 4.83 Å². The SMILES string of the molecule is COC(=O)C(Br)COCCCl. The first-order valence-electron chi connectivity index (χ1n) is 3.08. The molecule has 0 aliphatic heterocycles. The van der Waals surface area contributed by atoms with E-state index < -0.39 is 4.83 Å². The van der Waals surface area contributed by atoms with Crippen LogP contribution in [0.5, 0.6) is 0 Å². The summed E-state index contributed by atoms with van der Waals surface area (Å²) in [5, 5.41) is 0. The van der Waals surface area contributed by atoms with Crippen molar-refractivity contribution in [2.24, 2.45) is 0 Å². The van der Waals surface area contributed by atoms with Gasteiger partial charge < -0.3 is 9.47 Å². The molecule has 0 aromatic carbocycles. The maximum absolute atomic E-state index is 10.7. The van der Waals surface area contributed by atoms with Gasteiger partial charge in [0.05, 0.1) is 20.3 Å². The average molecular weight is 245 g/mol. The molecule has 5 heteroatoms. The molecule has 0 heterocycles. The van der Waals surface area contributed by atoms with E-state index in [1.807, 2.05) is 0 Å². The third-order valence-corrected chi connectivity index (χ3v) is 1.74. The number of rotatable bonds is 5. The van der Waals surface area contributed by atoms with E-state index in [-0.39, 0.29) is 5.97 Å². The number of carbonyl (C=O) groups excluding carboxylic acids is 1. The molecular formula is C6H10BrClO3. The number of hydrogen-bond donors (Lipinski definition) is 0. The topological polar surface area (TPSA) is 35.5 Å². The largest absolute Gasteiger partial charge is 0.468 e. The lowest BCUT2D eigenvalue weighted by Crippen LogP contribution is -2.21. The van der Waals surface area contributed by atoms with Gasteiger partial charge in [0.2, 0.25) is 0 Å². The Balaban J connectivity index is 3.36. The Morgan fingerprint density at radius 2 is 2.36 bits per heavy atom. The lowest BCUT2D eigenvalue weighted by molar-refractivity contribution is -0.140. The number of halogens is 2. The van der Waals surface area contributed by atoms with Crippen LogP contribution < -0.4 is 0 Å². The minimum Gasteiger partial charge on any atom is -0.468 e. The van der Waals surface area contributed by atoms with E-state index >= 15 is 0 Å². The quantitative estimate of drug-likeness (QED) is 0.414. The van der Waals surface area contributed by atoms with Crippen LogP contribution in [0.4, 0.5) is 0 Å². The van der Waals surface area contributed by atoms with Crippen molar-refractivity contribution < 1.29 is 14.3 Å². The molecule has 0 fully saturated rings. The van der Waals surface area contributed by atoms with Crippen LogP contribution >= 0.6 is 27.5 Å². The monoisotopic (exact) mass is 244 g/mol. The first-order valence-corrected chi connectivity index (χ1v) is 4.53. The second-order valence-electron chi connectivity index (χ2n) is 1.75. The minimum atomic E-state index is -0.393. The molecule has 0 N–H and O–H groups in total. The second-order valence-corrected chi connectivity index (χ2v) is 3.24. The number of alkyl halides is 2. The van der Waals surface area contributed by atoms with Gasteiger partial charge >= 0.3 is 5.97 Å². The maximum Gasteiger partial charge on any atom is 0.321 e. The van der Waals surface area contributed by atoms with E-state index in [0.717, 1.165) is 0 Å². The second kappa shape index (κ2) is 6.88. The Labute approximate surface area is 79.1 Å². The molecule has 3 nitrogen and oxygen atoms in total. The maximum atomic E-state index is 10.7. The third-order valence-electron chi connectivity index (χ3n) is 0.943. The predicted molar refractivity (Wildman–Crippen MR) is 46.3 cm³/mol. The Kier molecular flexibility index (Phi) is 7.01. The van der Waals surface area contributed by atoms with Gasteiger partial charge in [0.25, 0.3) is 0 Å². The molecule has 66 valence electrons. The van der Waals surface area contributed by atoms with Crippen molar-refractivity contribution in [1.82, 2.24) is 0 Å². The van der Waals surface area contributed by atoms with Gasteiger partial charge in [0.15, 0.2) is 0 Å². The first kappa shape index (κ1) is 11.2. The highest BCUT2D eigenvalue weighted by Crippen LogP contribution is 2.01. The van der Waals surface area contributed by atoms with Crippen molar-refractivity contribution in [3.8, 4) is 0 Å². The molecule has 0 spiro atoms. The number of ether oxygens (including phenoxy) is 2. The Morgan fingerprint density at radius 3 is 2.82 bits per heavy atom. The van der Waals surface area contributed by atoms with E-state index in [9.17, 15) is 4.79 Å². The fraction of sp³-hybridized carbons (Fsp3) is 0.833. The smallest absolute Gasteiger partial charge is 0.321 e. The van der Waals surface area contributed by atoms with Gasteiger partial charge in [0, 0.05) is 5.88 Å². The summed E-state index contributed by atoms with van der Waals surface area (Å²) >= 11 is 8.43. The molecule has 1 unspecified atom stereocenters. The highest BCUT2D eigenvalue weighted by molar-refractivity contribution is 9.10. The van der Waals surface area contributed by atoms with Gasteiger partial charge in [-0.15, -0.1) is 11.6 Å². The molecule has 0 saturated carbocycles. The molecule has 0 aromatic rings. The fourth-order valence-electron chi connectivity index (χ4n) is 0.437. The highest BCUT2D eigenvalue weighted by atomic mass is 79.9. The fourth-order valence-corrected chi connectivity index (χ4v) is 0.920. The van der Waals surface area contributed by atoms with Crippen LogP contribution in [0.3, 0.4) is 0 Å². The number of methoxy groups -OCH3 is 1. The normalized spacial score (nSPS) is 12.6. The van der Waals surface area contributed by atoms with Crippen molar-refractivity contribution in [2.75, 3.05) is 26.2 Å². The standard InChI is InChI=1S/C6H10BrClO3/c1-10-6(9)5(7)4-11-3-2-8/h5H,2-4H2,1H3. The van der Waals surface area contributed by atoms with Crippen LogP contribution in [-0.2, 0) is 14.3 Å². The molecule has 11 heavy (non-hydrogen) atoms. The van der Waals surface area contributed by atoms with Crippen molar-refractivity contribution in [3.63, 3.8) is 0 Å². The lowest BCUT2D eigenvalue weighted by Gasteiger charge is -2.06. The van der Waals surface area contributed by atoms with E-state index in [1.54, 1.807) is 0 Å². The Bertz CT molecular complexity index is 120. The highest BCUT2D eigenvalue weighted by Gasteiger charge is 2.14. The number of carbonyl (C=O) groups is 1. The van der Waals surface area contributed by atoms with Crippen LogP contribution in [0.1, 0.15) is 0 Å². The summed E-state index contributed by atoms with van der Waals surface area (Å²) in [5.74, 6) is 0.0977. The molecule has 0 rings (SSSR count). The summed E-state index contributed by atoms with van der Waals surface area (Å²) < 4.78 is 9.43. The Hall–Kier alpha value is 0.200. The van der Waals surface area contributed by atoms with Crippen LogP contribution in [0.25, 0.3) is 0 Å². The average Bonchev–Trinajstić information content (AvgIpc) is 2.03. The molecule has 0 radical (unpaired) electrons. The summed E-state index contributed by atoms with van der Waals surface area (Å²) in [6, 6.07) is 0. The zero-order valence-corrected chi connectivity index (χ0v) is 8.52. The molecule has 0 aliphatic rings. The van der Waals surface area contributed by atoms with E-state index in [0.29, 0.717) is 19.1 Å². The van der Waals surface area contributed by atoms with Crippen LogP contribution in [-0.4, -0.2) is 37.0 Å². The summed E-state index contributed by atoms with van der Waals surface area (Å²) in [5.41, 5.74) is 0. The van der Waals surface area contributed by atoms with Crippen LogP contribution in [0.2, 0.25) is 0 Å². The van der Waals surface area contributed by atoms with E-state index in [1.165, 1.54) is 7.11 Å². The van der Waals surface area contributed by atoms with Crippen molar-refractivity contribution in [1.29, 1.82) is 0 Å². The van der Waals surface area contributed by atoms with E-state index in [2.05, 4.69) is 20.7 Å². The predicted octanol–water partition coefficient (Wildman–Crippen LogP) is 1.18. The molecule has 0 bridgehead atoms. The van der Waals surface area contributed by atoms with Crippen LogP contribution in [0, 0.1) is 0 Å². The Morgan fingerprint density at radius 1 is 1.73 bits per heavy atom. The molecule has 0 aliphatic carbocycles. The third kappa shape index (κ3) is 5.47. The van der Waals surface area contributed by atoms with Gasteiger partial charge in [-0.05, 0) is 0 Å². The zero-order valence-electron chi connectivity index (χ0n) is 6.18. The van der Waals surface area contributed by atoms with Crippen LogP contribution in [0.15, 0.2) is 0 Å². The zero-order chi connectivity index (χ0) is 8.69. The van der Waals surface area contributed by atoms with E-state index in [4.69, 9.17) is 16.3 Å². The summed E-state index contributed by atoms with van der Waals surface area (Å²) in [6.07, 6.45) is 0. The molecule has 0 saturated heterocycles. The van der Waals surface area contributed by atoms with Gasteiger partial charge in [-0.25, -0.2) is 0 Å². The molecular weight excluding hydrogens is 235 g/mol. The van der Waals surface area contributed by atoms with Crippen molar-refractivity contribution >= 4 is 33.5 Å². The summed E-state index contributed by atoms with van der Waals surface area (Å²) in [7, 11) is 1.33. The summed E-state index contributed by atoms with van der Waals surface area (Å²) in [4.78, 5) is 10.3. The number of hydrogen-bond acceptors (Lipinski definition) is 3. The first-order chi connectivity index (χ1) is 5.22. The van der Waals surface area contributed by atoms with Crippen molar-refractivity contribution in [3.05, 3.63) is 0 Å². The molecule has 1 atom stereocenters. The minimum absolute atomic E-state index is 0.291. The van der Waals surface area contributed by atoms with Gasteiger partial charge in [0.1, 0.15) is 4.83 Å². The number of esters is 1. The summed E-state index contributed by atoms with van der Waals surface area (Å²) in [6.45, 7) is 0.736.